The fraction of sp³-hybridized carbons (Fsp3) is 0.500. The number of aromatic nitrogens is 2. The number of carbonyl (C=O) groups excluding carboxylic acids is 1. The number of benzene rings is 1. The summed E-state index contributed by atoms with van der Waals surface area (Å²) >= 11 is 0. The van der Waals surface area contributed by atoms with Gasteiger partial charge in [-0.25, -0.2) is 0 Å². The molecular weight excluding hydrogens is 336 g/mol. The van der Waals surface area contributed by atoms with Crippen molar-refractivity contribution in [3.63, 3.8) is 0 Å². The van der Waals surface area contributed by atoms with E-state index < -0.39 is 4.92 Å². The highest BCUT2D eigenvalue weighted by molar-refractivity contribution is 5.73. The average Bonchev–Trinajstić information content (AvgIpc) is 3.11. The van der Waals surface area contributed by atoms with Crippen LogP contribution in [0, 0.1) is 10.1 Å². The van der Waals surface area contributed by atoms with Crippen LogP contribution in [0.15, 0.2) is 28.8 Å². The molecule has 0 bridgehead atoms. The Morgan fingerprint density at radius 1 is 1.27 bits per heavy atom. The van der Waals surface area contributed by atoms with Gasteiger partial charge in [0.05, 0.1) is 4.92 Å². The van der Waals surface area contributed by atoms with E-state index in [1.54, 1.807) is 19.1 Å². The summed E-state index contributed by atoms with van der Waals surface area (Å²) in [6, 6.07) is 6.31. The first-order valence-corrected chi connectivity index (χ1v) is 8.89. The molecule has 1 aromatic carbocycles. The molecule has 1 aromatic heterocycles. The summed E-state index contributed by atoms with van der Waals surface area (Å²) in [7, 11) is 0. The van der Waals surface area contributed by atoms with Gasteiger partial charge in [0, 0.05) is 43.6 Å². The third-order valence-corrected chi connectivity index (χ3v) is 4.79. The number of nitro benzene ring substituents is 1. The number of non-ortho nitro benzene ring substituents is 1. The number of hydrogen-bond acceptors (Lipinski definition) is 6. The lowest BCUT2D eigenvalue weighted by Crippen LogP contribution is -2.41. The van der Waals surface area contributed by atoms with Gasteiger partial charge in [0.15, 0.2) is 0 Å². The molecule has 1 aliphatic carbocycles. The summed E-state index contributed by atoms with van der Waals surface area (Å²) in [4.78, 5) is 28.5. The first kappa shape index (κ1) is 18.0. The normalized spacial score (nSPS) is 15.0. The topological polar surface area (TPSA) is 102 Å². The highest BCUT2D eigenvalue weighted by Gasteiger charge is 2.23. The largest absolute Gasteiger partial charge is 0.339 e. The van der Waals surface area contributed by atoms with Gasteiger partial charge in [-0.2, -0.15) is 4.98 Å². The standard InChI is InChI=1S/C18H22N4O4/c1-13(23)21(15-5-3-2-4-6-15)12-11-17-19-18(20-26-17)14-7-9-16(10-8-14)22(24)25/h7-10,15H,2-6,11-12H2,1H3. The van der Waals surface area contributed by atoms with Gasteiger partial charge in [-0.05, 0) is 25.0 Å². The highest BCUT2D eigenvalue weighted by atomic mass is 16.6. The van der Waals surface area contributed by atoms with Crippen molar-refractivity contribution in [1.29, 1.82) is 0 Å². The number of rotatable bonds is 6. The second kappa shape index (κ2) is 8.07. The van der Waals surface area contributed by atoms with Crippen LogP contribution in [0.3, 0.4) is 0 Å². The fourth-order valence-electron chi connectivity index (χ4n) is 3.41. The Labute approximate surface area is 151 Å². The van der Waals surface area contributed by atoms with Crippen LogP contribution in [-0.2, 0) is 11.2 Å². The third kappa shape index (κ3) is 4.25. The Balaban J connectivity index is 1.63. The quantitative estimate of drug-likeness (QED) is 0.579. The zero-order valence-corrected chi connectivity index (χ0v) is 14.8. The minimum absolute atomic E-state index is 0.0158. The van der Waals surface area contributed by atoms with Crippen LogP contribution < -0.4 is 0 Å². The molecule has 0 unspecified atom stereocenters. The van der Waals surface area contributed by atoms with Crippen LogP contribution >= 0.6 is 0 Å². The van der Waals surface area contributed by atoms with E-state index in [4.69, 9.17) is 4.52 Å². The lowest BCUT2D eigenvalue weighted by atomic mass is 9.94. The summed E-state index contributed by atoms with van der Waals surface area (Å²) in [6.07, 6.45) is 6.17. The molecule has 1 aliphatic rings. The van der Waals surface area contributed by atoms with Crippen LogP contribution in [0.2, 0.25) is 0 Å². The maximum Gasteiger partial charge on any atom is 0.269 e. The van der Waals surface area contributed by atoms with Gasteiger partial charge < -0.3 is 9.42 Å². The molecule has 0 atom stereocenters. The van der Waals surface area contributed by atoms with Crippen molar-refractivity contribution in [2.45, 2.75) is 51.5 Å². The lowest BCUT2D eigenvalue weighted by molar-refractivity contribution is -0.384. The number of nitrogens with zero attached hydrogens (tertiary/aromatic N) is 4. The van der Waals surface area contributed by atoms with Crippen molar-refractivity contribution in [3.8, 4) is 11.4 Å². The van der Waals surface area contributed by atoms with E-state index in [0.717, 1.165) is 12.8 Å². The van der Waals surface area contributed by atoms with E-state index in [2.05, 4.69) is 10.1 Å². The monoisotopic (exact) mass is 358 g/mol. The number of nitro groups is 1. The molecule has 3 rings (SSSR count). The molecule has 8 heteroatoms. The van der Waals surface area contributed by atoms with Gasteiger partial charge >= 0.3 is 0 Å². The summed E-state index contributed by atoms with van der Waals surface area (Å²) < 4.78 is 5.28. The zero-order chi connectivity index (χ0) is 18.5. The second-order valence-corrected chi connectivity index (χ2v) is 6.57. The van der Waals surface area contributed by atoms with Gasteiger partial charge in [-0.3, -0.25) is 14.9 Å². The molecular formula is C18H22N4O4. The smallest absolute Gasteiger partial charge is 0.269 e. The van der Waals surface area contributed by atoms with Gasteiger partial charge in [-0.15, -0.1) is 0 Å². The second-order valence-electron chi connectivity index (χ2n) is 6.57. The van der Waals surface area contributed by atoms with E-state index in [9.17, 15) is 14.9 Å². The van der Waals surface area contributed by atoms with Crippen molar-refractivity contribution < 1.29 is 14.2 Å². The summed E-state index contributed by atoms with van der Waals surface area (Å²) in [5.41, 5.74) is 0.670. The molecule has 1 saturated carbocycles. The van der Waals surface area contributed by atoms with Crippen molar-refractivity contribution in [2.24, 2.45) is 0 Å². The van der Waals surface area contributed by atoms with Gasteiger partial charge in [-0.1, -0.05) is 24.4 Å². The van der Waals surface area contributed by atoms with E-state index in [0.29, 0.717) is 36.3 Å². The molecule has 1 amide bonds. The van der Waals surface area contributed by atoms with E-state index in [-0.39, 0.29) is 11.6 Å². The van der Waals surface area contributed by atoms with Crippen LogP contribution in [0.1, 0.15) is 44.9 Å². The van der Waals surface area contributed by atoms with Gasteiger partial charge in [0.25, 0.3) is 5.69 Å². The van der Waals surface area contributed by atoms with Gasteiger partial charge in [0.1, 0.15) is 0 Å². The third-order valence-electron chi connectivity index (χ3n) is 4.79. The summed E-state index contributed by atoms with van der Waals surface area (Å²) in [5.74, 6) is 0.925. The van der Waals surface area contributed by atoms with Crippen LogP contribution in [0.25, 0.3) is 11.4 Å². The molecule has 1 fully saturated rings. The first-order valence-electron chi connectivity index (χ1n) is 8.89. The minimum Gasteiger partial charge on any atom is -0.339 e. The molecule has 138 valence electrons. The number of hydrogen-bond donors (Lipinski definition) is 0. The maximum atomic E-state index is 12.0. The predicted octanol–water partition coefficient (Wildman–Crippen LogP) is 3.37. The molecule has 0 spiro atoms. The minimum atomic E-state index is -0.451. The fourth-order valence-corrected chi connectivity index (χ4v) is 3.41. The van der Waals surface area contributed by atoms with Crippen molar-refractivity contribution >= 4 is 11.6 Å². The van der Waals surface area contributed by atoms with E-state index >= 15 is 0 Å². The number of carbonyl (C=O) groups is 1. The molecule has 0 radical (unpaired) electrons. The molecule has 26 heavy (non-hydrogen) atoms. The summed E-state index contributed by atoms with van der Waals surface area (Å²) in [5, 5.41) is 14.6. The van der Waals surface area contributed by atoms with E-state index in [1.807, 2.05) is 4.90 Å². The SMILES string of the molecule is CC(=O)N(CCc1nc(-c2ccc([N+](=O)[O-])cc2)no1)C1CCCCC1. The molecule has 0 N–H and O–H groups in total. The molecule has 0 aliphatic heterocycles. The molecule has 1 heterocycles. The van der Waals surface area contributed by atoms with E-state index in [1.165, 1.54) is 31.4 Å². The van der Waals surface area contributed by atoms with Crippen LogP contribution in [0.5, 0.6) is 0 Å². The predicted molar refractivity (Wildman–Crippen MR) is 94.4 cm³/mol. The number of amides is 1. The maximum absolute atomic E-state index is 12.0. The van der Waals surface area contributed by atoms with Crippen LogP contribution in [0.4, 0.5) is 5.69 Å². The lowest BCUT2D eigenvalue weighted by Gasteiger charge is -2.33. The van der Waals surface area contributed by atoms with Gasteiger partial charge in [0.2, 0.25) is 17.6 Å². The Hall–Kier alpha value is -2.77. The van der Waals surface area contributed by atoms with Crippen molar-refractivity contribution in [2.75, 3.05) is 6.54 Å². The molecule has 8 nitrogen and oxygen atoms in total. The Morgan fingerprint density at radius 2 is 1.96 bits per heavy atom. The zero-order valence-electron chi connectivity index (χ0n) is 14.8. The summed E-state index contributed by atoms with van der Waals surface area (Å²) in [6.45, 7) is 2.16. The molecule has 0 saturated heterocycles. The Kier molecular flexibility index (Phi) is 5.60. The van der Waals surface area contributed by atoms with Crippen LogP contribution in [-0.4, -0.2) is 38.5 Å². The Bertz CT molecular complexity index is 766. The van der Waals surface area contributed by atoms with Crippen molar-refractivity contribution in [1.82, 2.24) is 15.0 Å². The van der Waals surface area contributed by atoms with Crippen molar-refractivity contribution in [3.05, 3.63) is 40.3 Å². The highest BCUT2D eigenvalue weighted by Crippen LogP contribution is 2.23. The molecule has 2 aromatic rings. The average molecular weight is 358 g/mol. The Morgan fingerprint density at radius 3 is 2.58 bits per heavy atom. The first-order chi connectivity index (χ1) is 12.5.